The Morgan fingerprint density at radius 3 is 3.06 bits per heavy atom. The largest absolute Gasteiger partial charge is 0.494 e. The van der Waals surface area contributed by atoms with Crippen LogP contribution in [0.3, 0.4) is 0 Å². The molecule has 1 heterocycles. The molecule has 1 N–H and O–H groups in total. The maximum absolute atomic E-state index is 13.5. The summed E-state index contributed by atoms with van der Waals surface area (Å²) in [6.07, 6.45) is -0.137. The molecule has 4 nitrogen and oxygen atoms in total. The maximum atomic E-state index is 13.5. The van der Waals surface area contributed by atoms with Crippen molar-refractivity contribution in [3.8, 4) is 5.75 Å². The van der Waals surface area contributed by atoms with Crippen molar-refractivity contribution in [2.45, 2.75) is 12.6 Å². The van der Waals surface area contributed by atoms with E-state index in [1.807, 2.05) is 6.07 Å². The van der Waals surface area contributed by atoms with E-state index >= 15 is 0 Å². The number of hydrogen-bond acceptors (Lipinski definition) is 4. The Labute approximate surface area is 106 Å². The number of morpholine rings is 1. The molecular weight excluding hydrogens is 237 g/mol. The van der Waals surface area contributed by atoms with Gasteiger partial charge in [0.1, 0.15) is 0 Å². The lowest BCUT2D eigenvalue weighted by atomic mass is 10.1. The Kier molecular flexibility index (Phi) is 4.52. The summed E-state index contributed by atoms with van der Waals surface area (Å²) >= 11 is 0. The molecule has 1 aromatic rings. The van der Waals surface area contributed by atoms with Gasteiger partial charge >= 0.3 is 0 Å². The van der Waals surface area contributed by atoms with Gasteiger partial charge in [0.15, 0.2) is 11.6 Å². The van der Waals surface area contributed by atoms with Crippen LogP contribution in [0, 0.1) is 5.82 Å². The third-order valence-corrected chi connectivity index (χ3v) is 3.05. The Morgan fingerprint density at radius 2 is 2.39 bits per heavy atom. The average molecular weight is 255 g/mol. The van der Waals surface area contributed by atoms with Crippen LogP contribution in [0.15, 0.2) is 18.2 Å². The van der Waals surface area contributed by atoms with E-state index in [-0.39, 0.29) is 24.3 Å². The summed E-state index contributed by atoms with van der Waals surface area (Å²) in [4.78, 5) is 2.14. The van der Waals surface area contributed by atoms with E-state index in [2.05, 4.69) is 4.90 Å². The maximum Gasteiger partial charge on any atom is 0.165 e. The third kappa shape index (κ3) is 3.19. The van der Waals surface area contributed by atoms with E-state index in [9.17, 15) is 4.39 Å². The van der Waals surface area contributed by atoms with Gasteiger partial charge in [0, 0.05) is 19.6 Å². The number of halogens is 1. The van der Waals surface area contributed by atoms with Gasteiger partial charge < -0.3 is 14.6 Å². The number of aliphatic hydroxyl groups excluding tert-OH is 1. The first-order chi connectivity index (χ1) is 8.72. The van der Waals surface area contributed by atoms with Crippen LogP contribution in [-0.4, -0.2) is 49.5 Å². The molecule has 0 bridgehead atoms. The number of rotatable bonds is 4. The van der Waals surface area contributed by atoms with E-state index in [0.29, 0.717) is 19.7 Å². The first-order valence-electron chi connectivity index (χ1n) is 6.00. The normalized spacial score (nSPS) is 20.9. The standard InChI is InChI=1S/C13H18FNO3/c1-17-13-3-2-10(6-12(13)14)7-15-4-5-18-11(8-15)9-16/h2-3,6,11,16H,4-5,7-9H2,1H3. The molecule has 0 aliphatic carbocycles. The highest BCUT2D eigenvalue weighted by molar-refractivity contribution is 5.29. The molecule has 1 unspecified atom stereocenters. The van der Waals surface area contributed by atoms with Gasteiger partial charge in [-0.1, -0.05) is 6.07 Å². The first kappa shape index (κ1) is 13.3. The lowest BCUT2D eigenvalue weighted by Gasteiger charge is -2.32. The first-order valence-corrected chi connectivity index (χ1v) is 6.00. The minimum atomic E-state index is -0.345. The van der Waals surface area contributed by atoms with Crippen molar-refractivity contribution in [3.63, 3.8) is 0 Å². The van der Waals surface area contributed by atoms with E-state index in [0.717, 1.165) is 12.1 Å². The van der Waals surface area contributed by atoms with Gasteiger partial charge in [-0.2, -0.15) is 0 Å². The van der Waals surface area contributed by atoms with Gasteiger partial charge in [-0.25, -0.2) is 4.39 Å². The lowest BCUT2D eigenvalue weighted by Crippen LogP contribution is -2.43. The summed E-state index contributed by atoms with van der Waals surface area (Å²) in [6.45, 7) is 2.74. The molecule has 0 spiro atoms. The number of aliphatic hydroxyl groups is 1. The predicted octanol–water partition coefficient (Wildman–Crippen LogP) is 1.03. The molecule has 0 saturated carbocycles. The van der Waals surface area contributed by atoms with Crippen LogP contribution >= 0.6 is 0 Å². The summed E-state index contributed by atoms with van der Waals surface area (Å²) in [5.41, 5.74) is 0.895. The Morgan fingerprint density at radius 1 is 1.56 bits per heavy atom. The Balaban J connectivity index is 1.98. The molecule has 2 rings (SSSR count). The number of methoxy groups -OCH3 is 1. The van der Waals surface area contributed by atoms with Crippen LogP contribution in [0.2, 0.25) is 0 Å². The summed E-state index contributed by atoms with van der Waals surface area (Å²) in [5.74, 6) is -0.0871. The fraction of sp³-hybridized carbons (Fsp3) is 0.538. The molecule has 100 valence electrons. The number of hydrogen-bond donors (Lipinski definition) is 1. The second-order valence-electron chi connectivity index (χ2n) is 4.38. The number of benzene rings is 1. The van der Waals surface area contributed by atoms with Gasteiger partial charge in [-0.3, -0.25) is 4.90 Å². The van der Waals surface area contributed by atoms with Crippen LogP contribution in [0.4, 0.5) is 4.39 Å². The van der Waals surface area contributed by atoms with Crippen molar-refractivity contribution in [1.82, 2.24) is 4.90 Å². The van der Waals surface area contributed by atoms with Crippen LogP contribution in [-0.2, 0) is 11.3 Å². The molecule has 1 aliphatic heterocycles. The number of nitrogens with zero attached hydrogens (tertiary/aromatic N) is 1. The van der Waals surface area contributed by atoms with Gasteiger partial charge in [0.25, 0.3) is 0 Å². The van der Waals surface area contributed by atoms with Crippen molar-refractivity contribution >= 4 is 0 Å². The highest BCUT2D eigenvalue weighted by Crippen LogP contribution is 2.19. The van der Waals surface area contributed by atoms with Gasteiger partial charge in [-0.05, 0) is 17.7 Å². The summed E-state index contributed by atoms with van der Waals surface area (Å²) in [7, 11) is 1.45. The summed E-state index contributed by atoms with van der Waals surface area (Å²) in [6, 6.07) is 4.97. The minimum absolute atomic E-state index is 0.0213. The predicted molar refractivity (Wildman–Crippen MR) is 65.1 cm³/mol. The van der Waals surface area contributed by atoms with Gasteiger partial charge in [0.2, 0.25) is 0 Å². The smallest absolute Gasteiger partial charge is 0.165 e. The highest BCUT2D eigenvalue weighted by atomic mass is 19.1. The van der Waals surface area contributed by atoms with E-state index in [1.54, 1.807) is 6.07 Å². The average Bonchev–Trinajstić information content (AvgIpc) is 2.39. The fourth-order valence-electron chi connectivity index (χ4n) is 2.10. The van der Waals surface area contributed by atoms with Crippen molar-refractivity contribution in [2.75, 3.05) is 33.4 Å². The molecule has 18 heavy (non-hydrogen) atoms. The van der Waals surface area contributed by atoms with Crippen molar-refractivity contribution in [3.05, 3.63) is 29.6 Å². The quantitative estimate of drug-likeness (QED) is 0.872. The second kappa shape index (κ2) is 6.13. The summed E-state index contributed by atoms with van der Waals surface area (Å²) < 4.78 is 23.8. The second-order valence-corrected chi connectivity index (χ2v) is 4.38. The molecule has 0 amide bonds. The third-order valence-electron chi connectivity index (χ3n) is 3.05. The van der Waals surface area contributed by atoms with Gasteiger partial charge in [-0.15, -0.1) is 0 Å². The number of ether oxygens (including phenoxy) is 2. The molecular formula is C13H18FNO3. The molecule has 1 saturated heterocycles. The van der Waals surface area contributed by atoms with Crippen LogP contribution < -0.4 is 4.74 Å². The monoisotopic (exact) mass is 255 g/mol. The van der Waals surface area contributed by atoms with Crippen molar-refractivity contribution in [1.29, 1.82) is 0 Å². The van der Waals surface area contributed by atoms with Crippen molar-refractivity contribution < 1.29 is 19.0 Å². The zero-order valence-corrected chi connectivity index (χ0v) is 10.4. The Bertz CT molecular complexity index is 400. The van der Waals surface area contributed by atoms with Crippen LogP contribution in [0.1, 0.15) is 5.56 Å². The molecule has 0 aromatic heterocycles. The zero-order valence-electron chi connectivity index (χ0n) is 10.4. The SMILES string of the molecule is COc1ccc(CN2CCOC(CO)C2)cc1F. The molecule has 1 aliphatic rings. The molecule has 5 heteroatoms. The molecule has 0 radical (unpaired) electrons. The van der Waals surface area contributed by atoms with Crippen LogP contribution in [0.5, 0.6) is 5.75 Å². The molecule has 1 aromatic carbocycles. The summed E-state index contributed by atoms with van der Waals surface area (Å²) in [5, 5.41) is 9.06. The van der Waals surface area contributed by atoms with Crippen LogP contribution in [0.25, 0.3) is 0 Å². The van der Waals surface area contributed by atoms with Gasteiger partial charge in [0.05, 0.1) is 26.4 Å². The highest BCUT2D eigenvalue weighted by Gasteiger charge is 2.19. The van der Waals surface area contributed by atoms with E-state index in [4.69, 9.17) is 14.6 Å². The van der Waals surface area contributed by atoms with Crippen molar-refractivity contribution in [2.24, 2.45) is 0 Å². The van der Waals surface area contributed by atoms with E-state index < -0.39 is 0 Å². The molecule has 1 fully saturated rings. The van der Waals surface area contributed by atoms with E-state index in [1.165, 1.54) is 13.2 Å². The fourth-order valence-corrected chi connectivity index (χ4v) is 2.10. The minimum Gasteiger partial charge on any atom is -0.494 e. The topological polar surface area (TPSA) is 41.9 Å². The Hall–Kier alpha value is -1.17. The zero-order chi connectivity index (χ0) is 13.0. The lowest BCUT2D eigenvalue weighted by molar-refractivity contribution is -0.0551. The molecule has 1 atom stereocenters.